The van der Waals surface area contributed by atoms with Crippen molar-refractivity contribution < 1.29 is 9.90 Å². The highest BCUT2D eigenvalue weighted by Gasteiger charge is 2.08. The molecule has 0 aromatic carbocycles. The second-order valence-corrected chi connectivity index (χ2v) is 2.22. The van der Waals surface area contributed by atoms with Gasteiger partial charge >= 0.3 is 5.97 Å². The predicted octanol–water partition coefficient (Wildman–Crippen LogP) is 0.665. The molecule has 4 heteroatoms. The molecule has 1 heterocycles. The SMILES string of the molecule is CC1C=C(C(=O)O)C=CN1.N. The maximum absolute atomic E-state index is 10.4. The molecule has 0 saturated heterocycles. The largest absolute Gasteiger partial charge is 0.478 e. The Morgan fingerprint density at radius 2 is 2.36 bits per heavy atom. The Labute approximate surface area is 65.2 Å². The molecule has 62 valence electrons. The third kappa shape index (κ3) is 2.43. The molecule has 1 rings (SSSR count). The van der Waals surface area contributed by atoms with Crippen molar-refractivity contribution in [2.45, 2.75) is 13.0 Å². The van der Waals surface area contributed by atoms with Crippen LogP contribution in [-0.4, -0.2) is 17.1 Å². The van der Waals surface area contributed by atoms with Crippen molar-refractivity contribution >= 4 is 5.97 Å². The Bertz CT molecular complexity index is 208. The normalized spacial score (nSPS) is 21.2. The molecular weight excluding hydrogens is 144 g/mol. The lowest BCUT2D eigenvalue weighted by Crippen LogP contribution is -2.22. The minimum atomic E-state index is -0.871. The number of aliphatic carboxylic acids is 1. The summed E-state index contributed by atoms with van der Waals surface area (Å²) in [6.07, 6.45) is 4.86. The number of carbonyl (C=O) groups is 1. The summed E-state index contributed by atoms with van der Waals surface area (Å²) >= 11 is 0. The van der Waals surface area contributed by atoms with Crippen molar-refractivity contribution in [2.24, 2.45) is 0 Å². The monoisotopic (exact) mass is 156 g/mol. The van der Waals surface area contributed by atoms with E-state index in [0.29, 0.717) is 5.57 Å². The lowest BCUT2D eigenvalue weighted by molar-refractivity contribution is -0.132. The Kier molecular flexibility index (Phi) is 3.33. The van der Waals surface area contributed by atoms with Crippen LogP contribution in [0.15, 0.2) is 23.9 Å². The third-order valence-electron chi connectivity index (χ3n) is 1.30. The predicted molar refractivity (Wildman–Crippen MR) is 42.5 cm³/mol. The van der Waals surface area contributed by atoms with Crippen molar-refractivity contribution in [1.82, 2.24) is 11.5 Å². The van der Waals surface area contributed by atoms with E-state index in [1.807, 2.05) is 6.92 Å². The molecule has 1 atom stereocenters. The van der Waals surface area contributed by atoms with Gasteiger partial charge in [0.05, 0.1) is 5.57 Å². The maximum Gasteiger partial charge on any atom is 0.335 e. The van der Waals surface area contributed by atoms with E-state index in [-0.39, 0.29) is 12.2 Å². The molecule has 11 heavy (non-hydrogen) atoms. The number of hydrogen-bond acceptors (Lipinski definition) is 3. The molecular formula is C7H12N2O2. The van der Waals surface area contributed by atoms with Crippen LogP contribution in [0.25, 0.3) is 0 Å². The Balaban J connectivity index is 0.000001000. The molecule has 0 bridgehead atoms. The molecule has 0 aromatic rings. The van der Waals surface area contributed by atoms with Gasteiger partial charge in [0.15, 0.2) is 0 Å². The van der Waals surface area contributed by atoms with Gasteiger partial charge in [-0.1, -0.05) is 0 Å². The van der Waals surface area contributed by atoms with Crippen LogP contribution in [0, 0.1) is 0 Å². The summed E-state index contributed by atoms with van der Waals surface area (Å²) in [5.41, 5.74) is 0.353. The van der Waals surface area contributed by atoms with Gasteiger partial charge in [-0.3, -0.25) is 0 Å². The third-order valence-corrected chi connectivity index (χ3v) is 1.30. The van der Waals surface area contributed by atoms with E-state index in [9.17, 15) is 4.79 Å². The first-order valence-electron chi connectivity index (χ1n) is 3.08. The maximum atomic E-state index is 10.4. The van der Waals surface area contributed by atoms with Crippen LogP contribution in [0.2, 0.25) is 0 Å². The minimum Gasteiger partial charge on any atom is -0.478 e. The average Bonchev–Trinajstić information content (AvgIpc) is 1.88. The molecule has 0 saturated carbocycles. The summed E-state index contributed by atoms with van der Waals surface area (Å²) < 4.78 is 0. The van der Waals surface area contributed by atoms with Gasteiger partial charge in [0.1, 0.15) is 0 Å². The number of nitrogens with one attached hydrogen (secondary N) is 1. The fourth-order valence-electron chi connectivity index (χ4n) is 0.805. The molecule has 0 spiro atoms. The van der Waals surface area contributed by atoms with Gasteiger partial charge in [-0.05, 0) is 25.3 Å². The van der Waals surface area contributed by atoms with Gasteiger partial charge in [-0.2, -0.15) is 0 Å². The Morgan fingerprint density at radius 1 is 1.73 bits per heavy atom. The van der Waals surface area contributed by atoms with Crippen molar-refractivity contribution in [3.05, 3.63) is 23.9 Å². The molecule has 0 aliphatic carbocycles. The summed E-state index contributed by atoms with van der Waals surface area (Å²) in [4.78, 5) is 10.4. The lowest BCUT2D eigenvalue weighted by atomic mass is 10.1. The highest BCUT2D eigenvalue weighted by Crippen LogP contribution is 2.03. The van der Waals surface area contributed by atoms with Crippen LogP contribution in [0.1, 0.15) is 6.92 Å². The molecule has 0 fully saturated rings. The summed E-state index contributed by atoms with van der Waals surface area (Å²) in [6.45, 7) is 1.90. The van der Waals surface area contributed by atoms with Crippen molar-refractivity contribution in [2.75, 3.05) is 0 Å². The number of carboxylic acids is 1. The highest BCUT2D eigenvalue weighted by atomic mass is 16.4. The van der Waals surface area contributed by atoms with E-state index < -0.39 is 5.97 Å². The van der Waals surface area contributed by atoms with Gasteiger partial charge < -0.3 is 16.6 Å². The van der Waals surface area contributed by atoms with Gasteiger partial charge in [0.25, 0.3) is 0 Å². The molecule has 1 aliphatic rings. The fourth-order valence-corrected chi connectivity index (χ4v) is 0.805. The number of carboxylic acid groups (broad SMARTS) is 1. The summed E-state index contributed by atoms with van der Waals surface area (Å²) in [7, 11) is 0. The molecule has 4 nitrogen and oxygen atoms in total. The topological polar surface area (TPSA) is 84.3 Å². The van der Waals surface area contributed by atoms with Crippen LogP contribution in [0.3, 0.4) is 0 Å². The molecule has 0 aromatic heterocycles. The highest BCUT2D eigenvalue weighted by molar-refractivity contribution is 5.90. The molecule has 1 unspecified atom stereocenters. The molecule has 0 amide bonds. The first kappa shape index (κ1) is 9.71. The number of dihydropyridines is 1. The van der Waals surface area contributed by atoms with Gasteiger partial charge in [-0.25, -0.2) is 4.79 Å². The second kappa shape index (κ2) is 3.78. The van der Waals surface area contributed by atoms with Gasteiger partial charge in [0, 0.05) is 6.04 Å². The van der Waals surface area contributed by atoms with E-state index in [1.54, 1.807) is 18.4 Å². The number of hydrogen-bond donors (Lipinski definition) is 3. The number of rotatable bonds is 1. The van der Waals surface area contributed by atoms with Crippen molar-refractivity contribution in [3.63, 3.8) is 0 Å². The summed E-state index contributed by atoms with van der Waals surface area (Å²) in [5.74, 6) is -0.871. The van der Waals surface area contributed by atoms with Gasteiger partial charge in [0.2, 0.25) is 0 Å². The molecule has 1 aliphatic heterocycles. The summed E-state index contributed by atoms with van der Waals surface area (Å²) in [5, 5.41) is 11.5. The quantitative estimate of drug-likeness (QED) is 0.520. The lowest BCUT2D eigenvalue weighted by Gasteiger charge is -2.11. The Hall–Kier alpha value is -1.29. The second-order valence-electron chi connectivity index (χ2n) is 2.22. The van der Waals surface area contributed by atoms with Crippen LogP contribution in [0.4, 0.5) is 0 Å². The first-order valence-corrected chi connectivity index (χ1v) is 3.08. The van der Waals surface area contributed by atoms with Crippen LogP contribution < -0.4 is 11.5 Å². The smallest absolute Gasteiger partial charge is 0.335 e. The minimum absolute atomic E-state index is 0. The molecule has 0 radical (unpaired) electrons. The van der Waals surface area contributed by atoms with E-state index >= 15 is 0 Å². The molecule has 5 N–H and O–H groups in total. The average molecular weight is 156 g/mol. The first-order chi connectivity index (χ1) is 4.70. The van der Waals surface area contributed by atoms with Crippen LogP contribution >= 0.6 is 0 Å². The fraction of sp³-hybridized carbons (Fsp3) is 0.286. The Morgan fingerprint density at radius 3 is 2.73 bits per heavy atom. The zero-order valence-electron chi connectivity index (χ0n) is 6.37. The van der Waals surface area contributed by atoms with Gasteiger partial charge in [-0.15, -0.1) is 0 Å². The standard InChI is InChI=1S/C7H9NO2.H3N/c1-5-4-6(7(9)10)2-3-8-5;/h2-5,8H,1H3,(H,9,10);1H3. The van der Waals surface area contributed by atoms with E-state index in [4.69, 9.17) is 5.11 Å². The zero-order chi connectivity index (χ0) is 7.56. The van der Waals surface area contributed by atoms with Crippen molar-refractivity contribution in [1.29, 1.82) is 0 Å². The van der Waals surface area contributed by atoms with E-state index in [2.05, 4.69) is 5.32 Å². The van der Waals surface area contributed by atoms with E-state index in [0.717, 1.165) is 0 Å². The van der Waals surface area contributed by atoms with Crippen molar-refractivity contribution in [3.8, 4) is 0 Å². The van der Waals surface area contributed by atoms with E-state index in [1.165, 1.54) is 0 Å². The van der Waals surface area contributed by atoms with Crippen LogP contribution in [-0.2, 0) is 4.79 Å². The van der Waals surface area contributed by atoms with Crippen LogP contribution in [0.5, 0.6) is 0 Å². The zero-order valence-corrected chi connectivity index (χ0v) is 6.37. The summed E-state index contributed by atoms with van der Waals surface area (Å²) in [6, 6.07) is 0.121.